The molecule has 0 saturated heterocycles. The molecule has 0 radical (unpaired) electrons. The number of nitro groups is 1. The van der Waals surface area contributed by atoms with Crippen molar-refractivity contribution in [2.24, 2.45) is 4.99 Å². The lowest BCUT2D eigenvalue weighted by Gasteiger charge is -2.10. The van der Waals surface area contributed by atoms with Gasteiger partial charge in [0.05, 0.1) is 22.9 Å². The molecule has 2 aromatic carbocycles. The van der Waals surface area contributed by atoms with E-state index in [2.05, 4.69) is 10.3 Å². The molecule has 1 N–H and O–H groups in total. The zero-order valence-electron chi connectivity index (χ0n) is 11.2. The van der Waals surface area contributed by atoms with E-state index in [0.29, 0.717) is 27.5 Å². The van der Waals surface area contributed by atoms with Crippen molar-refractivity contribution in [3.05, 3.63) is 69.5 Å². The number of nitro benzene ring substituents is 1. The fraction of sp³-hybridized carbons (Fsp3) is 0.0667. The third kappa shape index (κ3) is 2.58. The van der Waals surface area contributed by atoms with Crippen LogP contribution in [0.1, 0.15) is 11.1 Å². The fourth-order valence-electron chi connectivity index (χ4n) is 2.26. The molecule has 1 heterocycles. The molecule has 3 rings (SSSR count). The van der Waals surface area contributed by atoms with Crippen molar-refractivity contribution in [3.63, 3.8) is 0 Å². The highest BCUT2D eigenvalue weighted by atomic mass is 32.1. The highest BCUT2D eigenvalue weighted by Crippen LogP contribution is 2.28. The van der Waals surface area contributed by atoms with Gasteiger partial charge in [-0.05, 0) is 18.2 Å². The fourth-order valence-corrected chi connectivity index (χ4v) is 2.44. The summed E-state index contributed by atoms with van der Waals surface area (Å²) >= 11 is 5.13. The maximum Gasteiger partial charge on any atom is 0.271 e. The Morgan fingerprint density at radius 2 is 2.00 bits per heavy atom. The lowest BCUT2D eigenvalue weighted by molar-refractivity contribution is -0.384. The molecular weight excluding hydrogens is 305 g/mol. The second-order valence-corrected chi connectivity index (χ2v) is 5.17. The first kappa shape index (κ1) is 14.3. The van der Waals surface area contributed by atoms with Crippen molar-refractivity contribution in [2.75, 3.05) is 11.9 Å². The Labute approximate surface area is 130 Å². The van der Waals surface area contributed by atoms with Crippen LogP contribution in [-0.2, 0) is 0 Å². The zero-order chi connectivity index (χ0) is 15.7. The quantitative estimate of drug-likeness (QED) is 0.524. The van der Waals surface area contributed by atoms with E-state index in [4.69, 9.17) is 12.2 Å². The molecule has 1 aliphatic rings. The average Bonchev–Trinajstić information content (AvgIpc) is 2.65. The highest BCUT2D eigenvalue weighted by Gasteiger charge is 2.21. The van der Waals surface area contributed by atoms with Crippen LogP contribution >= 0.6 is 12.2 Å². The van der Waals surface area contributed by atoms with E-state index >= 15 is 0 Å². The van der Waals surface area contributed by atoms with E-state index in [1.807, 2.05) is 0 Å². The number of anilines is 1. The van der Waals surface area contributed by atoms with Crippen LogP contribution in [0.5, 0.6) is 0 Å². The Kier molecular flexibility index (Phi) is 3.64. The second-order valence-electron chi connectivity index (χ2n) is 4.68. The molecule has 5 nitrogen and oxygen atoms in total. The van der Waals surface area contributed by atoms with Gasteiger partial charge < -0.3 is 5.32 Å². The first-order valence-corrected chi connectivity index (χ1v) is 6.85. The van der Waals surface area contributed by atoms with Gasteiger partial charge in [0.1, 0.15) is 10.8 Å². The number of aliphatic imine (C=N–C) groups is 1. The molecule has 22 heavy (non-hydrogen) atoms. The van der Waals surface area contributed by atoms with Crippen LogP contribution in [0, 0.1) is 15.9 Å². The Morgan fingerprint density at radius 1 is 1.23 bits per heavy atom. The van der Waals surface area contributed by atoms with Crippen LogP contribution in [0.4, 0.5) is 15.8 Å². The lowest BCUT2D eigenvalue weighted by Crippen LogP contribution is -2.11. The summed E-state index contributed by atoms with van der Waals surface area (Å²) in [6.45, 7) is 0.196. The maximum atomic E-state index is 14.1. The number of nitrogens with one attached hydrogen (secondary N) is 1. The zero-order valence-corrected chi connectivity index (χ0v) is 12.1. The van der Waals surface area contributed by atoms with E-state index in [0.717, 1.165) is 0 Å². The van der Waals surface area contributed by atoms with Crippen LogP contribution < -0.4 is 5.32 Å². The summed E-state index contributed by atoms with van der Waals surface area (Å²) in [5.74, 6) is -0.404. The number of nitrogens with zero attached hydrogens (tertiary/aromatic N) is 2. The first-order chi connectivity index (χ1) is 10.6. The second kappa shape index (κ2) is 5.61. The van der Waals surface area contributed by atoms with Gasteiger partial charge in [-0.15, -0.1) is 0 Å². The molecule has 0 fully saturated rings. The monoisotopic (exact) mass is 315 g/mol. The van der Waals surface area contributed by atoms with Crippen molar-refractivity contribution >= 4 is 34.3 Å². The number of halogens is 1. The minimum Gasteiger partial charge on any atom is -0.348 e. The molecule has 0 amide bonds. The maximum absolute atomic E-state index is 14.1. The molecule has 110 valence electrons. The smallest absolute Gasteiger partial charge is 0.271 e. The van der Waals surface area contributed by atoms with Crippen molar-refractivity contribution < 1.29 is 9.31 Å². The number of fused-ring (bicyclic) bond motifs is 1. The van der Waals surface area contributed by atoms with E-state index in [-0.39, 0.29) is 12.2 Å². The van der Waals surface area contributed by atoms with E-state index in [1.54, 1.807) is 24.3 Å². The largest absolute Gasteiger partial charge is 0.348 e. The molecule has 0 unspecified atom stereocenters. The number of benzodiazepines with no additional fused rings is 1. The van der Waals surface area contributed by atoms with Gasteiger partial charge in [0.25, 0.3) is 5.69 Å². The van der Waals surface area contributed by atoms with E-state index in [9.17, 15) is 14.5 Å². The minimum atomic E-state index is -0.490. The van der Waals surface area contributed by atoms with Gasteiger partial charge in [-0.25, -0.2) is 4.39 Å². The molecule has 0 aliphatic carbocycles. The van der Waals surface area contributed by atoms with Crippen LogP contribution in [0.15, 0.2) is 47.5 Å². The summed E-state index contributed by atoms with van der Waals surface area (Å²) < 4.78 is 14.1. The SMILES string of the molecule is O=[N+]([O-])c1ccc2c(c1)NC(=S)CN=C2c1ccccc1F. The standard InChI is InChI=1S/C15H10FN3O2S/c16-12-4-2-1-3-10(12)15-11-6-5-9(19(20)21)7-13(11)18-14(22)8-17-15/h1-7H,8H2,(H,18,22). The summed E-state index contributed by atoms with van der Waals surface area (Å²) in [5.41, 5.74) is 1.73. The van der Waals surface area contributed by atoms with Gasteiger partial charge in [0.15, 0.2) is 0 Å². The number of hydrogen-bond donors (Lipinski definition) is 1. The summed E-state index contributed by atoms with van der Waals surface area (Å²) in [7, 11) is 0. The van der Waals surface area contributed by atoms with Gasteiger partial charge in [0.2, 0.25) is 0 Å². The van der Waals surface area contributed by atoms with Crippen LogP contribution in [0.2, 0.25) is 0 Å². The van der Waals surface area contributed by atoms with Crippen molar-refractivity contribution in [1.82, 2.24) is 0 Å². The van der Waals surface area contributed by atoms with Gasteiger partial charge in [-0.2, -0.15) is 0 Å². The van der Waals surface area contributed by atoms with Crippen molar-refractivity contribution in [3.8, 4) is 0 Å². The lowest BCUT2D eigenvalue weighted by atomic mass is 10.00. The number of rotatable bonds is 2. The van der Waals surface area contributed by atoms with Crippen molar-refractivity contribution in [2.45, 2.75) is 0 Å². The normalized spacial score (nSPS) is 13.7. The van der Waals surface area contributed by atoms with Crippen LogP contribution in [0.3, 0.4) is 0 Å². The number of hydrogen-bond acceptors (Lipinski definition) is 4. The Balaban J connectivity index is 2.20. The number of thiocarbonyl (C=S) groups is 1. The Hall–Kier alpha value is -2.67. The Morgan fingerprint density at radius 3 is 2.73 bits per heavy atom. The summed E-state index contributed by atoms with van der Waals surface area (Å²) in [6.07, 6.45) is 0. The minimum absolute atomic E-state index is 0.0659. The van der Waals surface area contributed by atoms with Gasteiger partial charge in [-0.3, -0.25) is 15.1 Å². The van der Waals surface area contributed by atoms with Gasteiger partial charge >= 0.3 is 0 Å². The molecule has 0 spiro atoms. The molecule has 7 heteroatoms. The molecule has 1 aliphatic heterocycles. The van der Waals surface area contributed by atoms with Crippen molar-refractivity contribution in [1.29, 1.82) is 0 Å². The first-order valence-electron chi connectivity index (χ1n) is 6.44. The number of benzene rings is 2. The highest BCUT2D eigenvalue weighted by molar-refractivity contribution is 7.80. The molecular formula is C15H10FN3O2S. The van der Waals surface area contributed by atoms with Gasteiger partial charge in [-0.1, -0.05) is 24.4 Å². The molecule has 0 bridgehead atoms. The third-order valence-corrected chi connectivity index (χ3v) is 3.48. The van der Waals surface area contributed by atoms with Gasteiger partial charge in [0, 0.05) is 23.3 Å². The number of non-ortho nitro benzene ring substituents is 1. The predicted molar refractivity (Wildman–Crippen MR) is 86.2 cm³/mol. The summed E-state index contributed by atoms with van der Waals surface area (Å²) in [5, 5.41) is 13.8. The van der Waals surface area contributed by atoms with E-state index < -0.39 is 10.7 Å². The third-order valence-electron chi connectivity index (χ3n) is 3.25. The summed E-state index contributed by atoms with van der Waals surface area (Å²) in [6, 6.07) is 10.6. The predicted octanol–water partition coefficient (Wildman–Crippen LogP) is 3.32. The van der Waals surface area contributed by atoms with E-state index in [1.165, 1.54) is 18.2 Å². The Bertz CT molecular complexity index is 820. The molecule has 0 atom stereocenters. The molecule has 0 aromatic heterocycles. The van der Waals surface area contributed by atoms with Crippen LogP contribution in [0.25, 0.3) is 0 Å². The van der Waals surface area contributed by atoms with Crippen LogP contribution in [-0.4, -0.2) is 22.2 Å². The molecule has 0 saturated carbocycles. The average molecular weight is 315 g/mol. The molecule has 2 aromatic rings. The topological polar surface area (TPSA) is 67.5 Å². The summed E-state index contributed by atoms with van der Waals surface area (Å²) in [4.78, 5) is 15.2.